The first-order chi connectivity index (χ1) is 8.19. The van der Waals surface area contributed by atoms with Gasteiger partial charge in [-0.1, -0.05) is 13.0 Å². The maximum Gasteiger partial charge on any atom is 0.490 e. The zero-order valence-electron chi connectivity index (χ0n) is 12.2. The number of hydrogen-bond acceptors (Lipinski definition) is 2. The average molecular weight is 254 g/mol. The lowest BCUT2D eigenvalue weighted by Crippen LogP contribution is -2.41. The third kappa shape index (κ3) is 2.37. The highest BCUT2D eigenvalue weighted by Gasteiger charge is 2.52. The molecule has 1 aliphatic heterocycles. The second kappa shape index (κ2) is 4.34. The Balaban J connectivity index is 2.08. The lowest BCUT2D eigenvalue weighted by Gasteiger charge is -2.32. The molecule has 0 bridgehead atoms. The number of allylic oxidation sites excluding steroid dienone is 2. The molecule has 2 rings (SSSR count). The summed E-state index contributed by atoms with van der Waals surface area (Å²) in [6.07, 6.45) is 4.64. The van der Waals surface area contributed by atoms with Gasteiger partial charge in [0.2, 0.25) is 0 Å². The fourth-order valence-electron chi connectivity index (χ4n) is 2.36. The Kier molecular flexibility index (Phi) is 3.40. The molecule has 102 valence electrons. The van der Waals surface area contributed by atoms with Gasteiger partial charge in [0.1, 0.15) is 0 Å². The minimum atomic E-state index is -0.292. The van der Waals surface area contributed by atoms with E-state index < -0.39 is 0 Å². The first kappa shape index (κ1) is 14.1. The van der Waals surface area contributed by atoms with Crippen molar-refractivity contribution in [1.29, 1.82) is 0 Å². The minimum Gasteiger partial charge on any atom is -0.400 e. The van der Waals surface area contributed by atoms with E-state index in [1.54, 1.807) is 0 Å². The molecule has 2 nitrogen and oxygen atoms in total. The fraction of sp³-hybridized carbons (Fsp3) is 0.857. The van der Waals surface area contributed by atoms with E-state index in [0.29, 0.717) is 0 Å². The van der Waals surface area contributed by atoms with Gasteiger partial charge in [0.15, 0.2) is 0 Å². The van der Waals surface area contributed by atoms with Crippen LogP contribution < -0.4 is 0 Å². The zero-order chi connectivity index (χ0) is 13.6. The second-order valence-electron chi connectivity index (χ2n) is 7.02. The van der Waals surface area contributed by atoms with Crippen LogP contribution in [0.2, 0.25) is 0 Å². The molecule has 0 aromatic carbocycles. The van der Waals surface area contributed by atoms with E-state index in [4.69, 9.17) is 9.31 Å². The van der Waals surface area contributed by atoms with Crippen LogP contribution in [0.25, 0.3) is 0 Å². The molecular weight excluding hydrogens is 230 g/mol. The number of halogens is 1. The maximum atomic E-state index is 12.9. The van der Waals surface area contributed by atoms with Crippen LogP contribution in [0.1, 0.15) is 53.9 Å². The topological polar surface area (TPSA) is 18.5 Å². The van der Waals surface area contributed by atoms with Crippen LogP contribution in [0, 0.1) is 5.41 Å². The summed E-state index contributed by atoms with van der Waals surface area (Å²) in [6.45, 7) is 9.99. The summed E-state index contributed by atoms with van der Waals surface area (Å²) in [7, 11) is -0.251. The molecule has 0 aromatic rings. The first-order valence-electron chi connectivity index (χ1n) is 6.80. The van der Waals surface area contributed by atoms with Crippen molar-refractivity contribution < 1.29 is 13.7 Å². The molecule has 4 heteroatoms. The van der Waals surface area contributed by atoms with E-state index in [-0.39, 0.29) is 30.4 Å². The quantitative estimate of drug-likeness (QED) is 0.699. The van der Waals surface area contributed by atoms with Gasteiger partial charge in [0.25, 0.3) is 0 Å². The summed E-state index contributed by atoms with van der Waals surface area (Å²) in [5, 5.41) is 0. The summed E-state index contributed by atoms with van der Waals surface area (Å²) < 4.78 is 25.0. The molecule has 0 spiro atoms. The third-order valence-electron chi connectivity index (χ3n) is 4.75. The lowest BCUT2D eigenvalue weighted by molar-refractivity contribution is 0.00578. The van der Waals surface area contributed by atoms with E-state index in [2.05, 4.69) is 33.8 Å². The third-order valence-corrected chi connectivity index (χ3v) is 4.75. The molecule has 1 atom stereocenters. The molecule has 0 amide bonds. The Morgan fingerprint density at radius 3 is 2.11 bits per heavy atom. The first-order valence-corrected chi connectivity index (χ1v) is 6.80. The van der Waals surface area contributed by atoms with E-state index >= 15 is 0 Å². The van der Waals surface area contributed by atoms with Gasteiger partial charge in [-0.15, -0.1) is 0 Å². The van der Waals surface area contributed by atoms with Crippen molar-refractivity contribution in [3.8, 4) is 0 Å². The molecule has 1 fully saturated rings. The minimum absolute atomic E-state index is 0.187. The van der Waals surface area contributed by atoms with Crippen molar-refractivity contribution in [3.05, 3.63) is 11.5 Å². The summed E-state index contributed by atoms with van der Waals surface area (Å²) in [4.78, 5) is 0. The predicted molar refractivity (Wildman–Crippen MR) is 72.1 cm³/mol. The Hall–Kier alpha value is -0.345. The van der Waals surface area contributed by atoms with Crippen molar-refractivity contribution in [3.63, 3.8) is 0 Å². The van der Waals surface area contributed by atoms with Gasteiger partial charge in [-0.3, -0.25) is 4.39 Å². The molecule has 1 heterocycles. The van der Waals surface area contributed by atoms with Gasteiger partial charge in [-0.2, -0.15) is 0 Å². The molecule has 0 saturated carbocycles. The zero-order valence-corrected chi connectivity index (χ0v) is 12.2. The van der Waals surface area contributed by atoms with Crippen LogP contribution in [-0.4, -0.2) is 25.0 Å². The normalized spacial score (nSPS) is 34.6. The van der Waals surface area contributed by atoms with Crippen LogP contribution in [0.4, 0.5) is 4.39 Å². The molecule has 18 heavy (non-hydrogen) atoms. The molecule has 1 unspecified atom stereocenters. The van der Waals surface area contributed by atoms with Crippen LogP contribution in [0.5, 0.6) is 0 Å². The molecular formula is C14H24BFO2. The van der Waals surface area contributed by atoms with Gasteiger partial charge in [-0.25, -0.2) is 0 Å². The summed E-state index contributed by atoms with van der Waals surface area (Å²) in [6, 6.07) is 0. The van der Waals surface area contributed by atoms with Gasteiger partial charge in [0.05, 0.1) is 17.9 Å². The van der Waals surface area contributed by atoms with Crippen molar-refractivity contribution in [2.75, 3.05) is 6.67 Å². The summed E-state index contributed by atoms with van der Waals surface area (Å²) in [5.74, 6) is 0. The van der Waals surface area contributed by atoms with Gasteiger partial charge in [-0.05, 0) is 57.8 Å². The Bertz CT molecular complexity index is 349. The van der Waals surface area contributed by atoms with Crippen LogP contribution in [-0.2, 0) is 9.31 Å². The fourth-order valence-corrected chi connectivity index (χ4v) is 2.36. The molecule has 1 saturated heterocycles. The standard InChI is InChI=1S/C14H24BFO2/c1-12(2)13(3,4)18-15(17-12)11-6-8-14(5,10-16)9-7-11/h6H,7-10H2,1-5H3. The SMILES string of the molecule is CC1(CF)CC=C(B2OC(C)(C)C(C)(C)O2)CC1. The lowest BCUT2D eigenvalue weighted by atomic mass is 9.67. The molecule has 1 aliphatic carbocycles. The number of rotatable bonds is 2. The Morgan fingerprint density at radius 2 is 1.72 bits per heavy atom. The highest BCUT2D eigenvalue weighted by molar-refractivity contribution is 6.54. The van der Waals surface area contributed by atoms with Crippen molar-refractivity contribution >= 4 is 7.12 Å². The average Bonchev–Trinajstić information content (AvgIpc) is 2.49. The van der Waals surface area contributed by atoms with Crippen LogP contribution in [0.15, 0.2) is 11.5 Å². The molecule has 2 aliphatic rings. The number of hydrogen-bond donors (Lipinski definition) is 0. The summed E-state index contributed by atoms with van der Waals surface area (Å²) >= 11 is 0. The van der Waals surface area contributed by atoms with Crippen LogP contribution in [0.3, 0.4) is 0 Å². The van der Waals surface area contributed by atoms with E-state index in [1.165, 1.54) is 5.47 Å². The monoisotopic (exact) mass is 254 g/mol. The number of alkyl halides is 1. The van der Waals surface area contributed by atoms with Crippen LogP contribution >= 0.6 is 0 Å². The molecule has 0 aromatic heterocycles. The Labute approximate surface area is 110 Å². The highest BCUT2D eigenvalue weighted by atomic mass is 19.1. The molecule has 0 radical (unpaired) electrons. The van der Waals surface area contributed by atoms with Crippen molar-refractivity contribution in [1.82, 2.24) is 0 Å². The van der Waals surface area contributed by atoms with E-state index in [9.17, 15) is 4.39 Å². The van der Waals surface area contributed by atoms with Gasteiger partial charge in [0, 0.05) is 0 Å². The highest BCUT2D eigenvalue weighted by Crippen LogP contribution is 2.42. The smallest absolute Gasteiger partial charge is 0.400 e. The van der Waals surface area contributed by atoms with E-state index in [0.717, 1.165) is 19.3 Å². The largest absolute Gasteiger partial charge is 0.490 e. The summed E-state index contributed by atoms with van der Waals surface area (Å²) in [5.41, 5.74) is 0.408. The van der Waals surface area contributed by atoms with Gasteiger partial charge < -0.3 is 9.31 Å². The van der Waals surface area contributed by atoms with Gasteiger partial charge >= 0.3 is 7.12 Å². The van der Waals surface area contributed by atoms with Crippen molar-refractivity contribution in [2.24, 2.45) is 5.41 Å². The maximum absolute atomic E-state index is 12.9. The van der Waals surface area contributed by atoms with E-state index in [1.807, 2.05) is 6.92 Å². The molecule has 0 N–H and O–H groups in total. The Morgan fingerprint density at radius 1 is 1.17 bits per heavy atom. The predicted octanol–water partition coefficient (Wildman–Crippen LogP) is 3.70. The second-order valence-corrected chi connectivity index (χ2v) is 7.02. The van der Waals surface area contributed by atoms with Crippen molar-refractivity contribution in [2.45, 2.75) is 65.1 Å².